The highest BCUT2D eigenvalue weighted by atomic mass is 32.1. The summed E-state index contributed by atoms with van der Waals surface area (Å²) < 4.78 is 0. The monoisotopic (exact) mass is 295 g/mol. The number of aromatic nitrogens is 1. The maximum absolute atomic E-state index is 12.7. The van der Waals surface area contributed by atoms with Crippen LogP contribution in [0.25, 0.3) is 0 Å². The number of hydrogen-bond donors (Lipinski definition) is 1. The Bertz CT molecular complexity index is 501. The summed E-state index contributed by atoms with van der Waals surface area (Å²) in [6.45, 7) is 8.11. The van der Waals surface area contributed by atoms with Crippen LogP contribution in [0.1, 0.15) is 39.0 Å². The Hall–Kier alpha value is -1.43. The van der Waals surface area contributed by atoms with Crippen LogP contribution in [-0.4, -0.2) is 33.3 Å². The predicted octanol–water partition coefficient (Wildman–Crippen LogP) is 1.79. The second kappa shape index (κ2) is 5.52. The molecule has 2 unspecified atom stereocenters. The molecule has 1 aliphatic heterocycles. The molecule has 0 saturated carbocycles. The van der Waals surface area contributed by atoms with E-state index < -0.39 is 11.6 Å². The van der Waals surface area contributed by atoms with Gasteiger partial charge in [0.15, 0.2) is 0 Å². The third kappa shape index (κ3) is 2.44. The van der Waals surface area contributed by atoms with Gasteiger partial charge in [0.25, 0.3) is 0 Å². The molecule has 0 bridgehead atoms. The molecule has 1 N–H and O–H groups in total. The van der Waals surface area contributed by atoms with Crippen molar-refractivity contribution < 1.29 is 9.59 Å². The minimum Gasteiger partial charge on any atom is -0.342 e. The van der Waals surface area contributed by atoms with Gasteiger partial charge in [0.1, 0.15) is 11.6 Å². The van der Waals surface area contributed by atoms with E-state index >= 15 is 0 Å². The molecule has 2 amide bonds. The second-order valence-electron chi connectivity index (χ2n) is 5.71. The van der Waals surface area contributed by atoms with Crippen LogP contribution in [0.15, 0.2) is 11.7 Å². The van der Waals surface area contributed by atoms with Crippen LogP contribution >= 0.6 is 11.3 Å². The van der Waals surface area contributed by atoms with Gasteiger partial charge in [0.05, 0.1) is 12.1 Å². The van der Waals surface area contributed by atoms with Crippen molar-refractivity contribution in [1.82, 2.24) is 15.2 Å². The first-order chi connectivity index (χ1) is 9.40. The molecule has 5 nitrogen and oxygen atoms in total. The number of nitrogens with one attached hydrogen (secondary N) is 1. The number of amides is 2. The van der Waals surface area contributed by atoms with E-state index in [1.165, 1.54) is 11.3 Å². The largest absolute Gasteiger partial charge is 0.342 e. The number of nitrogens with zero attached hydrogens (tertiary/aromatic N) is 2. The Morgan fingerprint density at radius 3 is 2.70 bits per heavy atom. The van der Waals surface area contributed by atoms with Crippen LogP contribution < -0.4 is 5.32 Å². The smallest absolute Gasteiger partial charge is 0.246 e. The number of hydrogen-bond acceptors (Lipinski definition) is 4. The molecule has 2 heterocycles. The topological polar surface area (TPSA) is 62.3 Å². The molecule has 6 heteroatoms. The molecular weight excluding hydrogens is 274 g/mol. The summed E-state index contributed by atoms with van der Waals surface area (Å²) >= 11 is 1.50. The zero-order valence-corrected chi connectivity index (χ0v) is 13.2. The fourth-order valence-corrected chi connectivity index (χ4v) is 3.01. The molecular formula is C14H21N3O2S. The highest BCUT2D eigenvalue weighted by Gasteiger charge is 2.48. The molecule has 2 atom stereocenters. The molecule has 1 saturated heterocycles. The normalized spacial score (nSPS) is 27.1. The second-order valence-corrected chi connectivity index (χ2v) is 6.69. The first-order valence-electron chi connectivity index (χ1n) is 6.90. The van der Waals surface area contributed by atoms with Crippen molar-refractivity contribution in [1.29, 1.82) is 0 Å². The molecule has 110 valence electrons. The molecule has 1 aromatic rings. The first-order valence-corrected chi connectivity index (χ1v) is 7.78. The van der Waals surface area contributed by atoms with Crippen molar-refractivity contribution in [3.8, 4) is 0 Å². The molecule has 20 heavy (non-hydrogen) atoms. The van der Waals surface area contributed by atoms with Crippen molar-refractivity contribution in [2.75, 3.05) is 0 Å². The lowest BCUT2D eigenvalue weighted by Crippen LogP contribution is -2.69. The van der Waals surface area contributed by atoms with Gasteiger partial charge in [-0.15, -0.1) is 11.3 Å². The van der Waals surface area contributed by atoms with E-state index in [0.717, 1.165) is 4.88 Å². The van der Waals surface area contributed by atoms with Gasteiger partial charge in [-0.1, -0.05) is 20.8 Å². The van der Waals surface area contributed by atoms with Crippen molar-refractivity contribution in [3.05, 3.63) is 16.6 Å². The van der Waals surface area contributed by atoms with Gasteiger partial charge in [0, 0.05) is 11.1 Å². The Morgan fingerprint density at radius 2 is 2.20 bits per heavy atom. The van der Waals surface area contributed by atoms with Crippen LogP contribution in [0.3, 0.4) is 0 Å². The molecule has 0 aliphatic carbocycles. The summed E-state index contributed by atoms with van der Waals surface area (Å²) in [5, 5.41) is 2.87. The van der Waals surface area contributed by atoms with E-state index in [-0.39, 0.29) is 17.7 Å². The summed E-state index contributed by atoms with van der Waals surface area (Å²) in [5.74, 6) is 0.0111. The van der Waals surface area contributed by atoms with E-state index in [9.17, 15) is 9.59 Å². The third-order valence-corrected chi connectivity index (χ3v) is 4.82. The number of thiazole rings is 1. The number of rotatable bonds is 4. The van der Waals surface area contributed by atoms with Crippen LogP contribution in [0.2, 0.25) is 0 Å². The van der Waals surface area contributed by atoms with E-state index in [2.05, 4.69) is 10.3 Å². The zero-order valence-electron chi connectivity index (χ0n) is 12.3. The maximum Gasteiger partial charge on any atom is 0.246 e. The SMILES string of the molecule is CCC1(C)C(=O)NC(C(C)C)C(=O)N1Cc1cncs1. The van der Waals surface area contributed by atoms with Gasteiger partial charge in [0.2, 0.25) is 11.8 Å². The first kappa shape index (κ1) is 15.0. The lowest BCUT2D eigenvalue weighted by atomic mass is 9.88. The number of piperazine rings is 1. The summed E-state index contributed by atoms with van der Waals surface area (Å²) in [6.07, 6.45) is 2.35. The van der Waals surface area contributed by atoms with E-state index in [4.69, 9.17) is 0 Å². The average molecular weight is 295 g/mol. The summed E-state index contributed by atoms with van der Waals surface area (Å²) in [6, 6.07) is -0.435. The number of carbonyl (C=O) groups is 2. The van der Waals surface area contributed by atoms with Gasteiger partial charge >= 0.3 is 0 Å². The molecule has 1 aliphatic rings. The average Bonchev–Trinajstić information content (AvgIpc) is 2.91. The van der Waals surface area contributed by atoms with Gasteiger partial charge in [-0.2, -0.15) is 0 Å². The summed E-state index contributed by atoms with van der Waals surface area (Å²) in [7, 11) is 0. The zero-order chi connectivity index (χ0) is 14.9. The minimum absolute atomic E-state index is 0.00245. The van der Waals surface area contributed by atoms with Crippen molar-refractivity contribution in [2.24, 2.45) is 5.92 Å². The van der Waals surface area contributed by atoms with Crippen LogP contribution in [-0.2, 0) is 16.1 Å². The minimum atomic E-state index is -0.785. The van der Waals surface area contributed by atoms with Crippen LogP contribution in [0, 0.1) is 5.92 Å². The fourth-order valence-electron chi connectivity index (χ4n) is 2.42. The van der Waals surface area contributed by atoms with E-state index in [0.29, 0.717) is 13.0 Å². The Kier molecular flexibility index (Phi) is 4.13. The predicted molar refractivity (Wildman–Crippen MR) is 78.1 cm³/mol. The van der Waals surface area contributed by atoms with Crippen molar-refractivity contribution in [2.45, 2.75) is 52.2 Å². The standard InChI is InChI=1S/C14H21N3O2S/c1-5-14(4)13(19)16-11(9(2)3)12(18)17(14)7-10-6-15-8-20-10/h6,8-9,11H,5,7H2,1-4H3,(H,16,19). The maximum atomic E-state index is 12.7. The summed E-state index contributed by atoms with van der Waals surface area (Å²) in [4.78, 5) is 31.9. The molecule has 0 radical (unpaired) electrons. The van der Waals surface area contributed by atoms with E-state index in [1.807, 2.05) is 27.7 Å². The van der Waals surface area contributed by atoms with Crippen LogP contribution in [0.5, 0.6) is 0 Å². The van der Waals surface area contributed by atoms with Crippen molar-refractivity contribution >= 4 is 23.2 Å². The van der Waals surface area contributed by atoms with Gasteiger partial charge < -0.3 is 10.2 Å². The Balaban J connectivity index is 2.34. The molecule has 2 rings (SSSR count). The molecule has 0 spiro atoms. The van der Waals surface area contributed by atoms with Gasteiger partial charge in [-0.05, 0) is 19.3 Å². The molecule has 0 aromatic carbocycles. The molecule has 1 aromatic heterocycles. The summed E-state index contributed by atoms with van der Waals surface area (Å²) in [5.41, 5.74) is 0.958. The van der Waals surface area contributed by atoms with Gasteiger partial charge in [-0.3, -0.25) is 14.6 Å². The van der Waals surface area contributed by atoms with Crippen molar-refractivity contribution in [3.63, 3.8) is 0 Å². The van der Waals surface area contributed by atoms with Gasteiger partial charge in [-0.25, -0.2) is 0 Å². The number of carbonyl (C=O) groups excluding carboxylic acids is 2. The quantitative estimate of drug-likeness (QED) is 0.921. The molecule has 1 fully saturated rings. The lowest BCUT2D eigenvalue weighted by molar-refractivity contribution is -0.158. The fraction of sp³-hybridized carbons (Fsp3) is 0.643. The third-order valence-electron chi connectivity index (χ3n) is 4.06. The highest BCUT2D eigenvalue weighted by Crippen LogP contribution is 2.29. The van der Waals surface area contributed by atoms with Crippen LogP contribution in [0.4, 0.5) is 0 Å². The lowest BCUT2D eigenvalue weighted by Gasteiger charge is -2.46. The Labute approximate surface area is 123 Å². The Morgan fingerprint density at radius 1 is 1.50 bits per heavy atom. The highest BCUT2D eigenvalue weighted by molar-refractivity contribution is 7.09. The van der Waals surface area contributed by atoms with E-state index in [1.54, 1.807) is 16.6 Å².